The van der Waals surface area contributed by atoms with Gasteiger partial charge in [0.25, 0.3) is 0 Å². The number of unbranched alkanes of at least 4 members (excludes halogenated alkanes) is 12. The Labute approximate surface area is 491 Å². The Morgan fingerprint density at radius 3 is 1.88 bits per heavy atom. The van der Waals surface area contributed by atoms with Gasteiger partial charge < -0.3 is 44.0 Å². The first-order chi connectivity index (χ1) is 39.2. The Bertz CT molecular complexity index is 2680. The molecule has 0 saturated carbocycles. The minimum atomic E-state index is -0.596. The molecule has 81 heavy (non-hydrogen) atoms. The predicted octanol–water partition coefficient (Wildman–Crippen LogP) is 12.1. The maximum atomic E-state index is 13.7. The predicted molar refractivity (Wildman–Crippen MR) is 323 cm³/mol. The lowest BCUT2D eigenvalue weighted by molar-refractivity contribution is -0.131. The molecule has 0 radical (unpaired) electrons. The largest absolute Gasteiger partial charge is 0.444 e. The number of aryl methyl sites for hydroxylation is 2. The van der Waals surface area contributed by atoms with Gasteiger partial charge in [0, 0.05) is 51.8 Å². The SMILES string of the molecule is CCCCCCCCCCCCCCCC(=O)N(CC#CC#Cc1ccc(NC(=O)C[C@@H]2N=C(c3ccc(Cl)cc3)c3c(sc(C)c3C)-n3c(C)nnc32)cc1)CCOCCOCCOCCOCCOCCNC(=O)OC(C)(C)C. The molecule has 16 nitrogen and oxygen atoms in total. The number of nitrogens with zero attached hydrogens (tertiary/aromatic N) is 5. The molecule has 0 unspecified atom stereocenters. The van der Waals surface area contributed by atoms with Crippen LogP contribution >= 0.6 is 22.9 Å². The number of aliphatic imine (C=N–C) groups is 1. The van der Waals surface area contributed by atoms with Gasteiger partial charge >= 0.3 is 6.09 Å². The summed E-state index contributed by atoms with van der Waals surface area (Å²) in [4.78, 5) is 47.0. The summed E-state index contributed by atoms with van der Waals surface area (Å²) in [7, 11) is 0. The molecule has 4 aromatic rings. The number of halogens is 1. The van der Waals surface area contributed by atoms with E-state index in [-0.39, 0.29) is 24.8 Å². The van der Waals surface area contributed by atoms with Crippen molar-refractivity contribution in [3.05, 3.63) is 92.3 Å². The highest BCUT2D eigenvalue weighted by atomic mass is 35.5. The van der Waals surface area contributed by atoms with Crippen LogP contribution in [0, 0.1) is 44.5 Å². The second-order valence-electron chi connectivity index (χ2n) is 21.1. The minimum Gasteiger partial charge on any atom is -0.444 e. The van der Waals surface area contributed by atoms with E-state index in [9.17, 15) is 14.4 Å². The fourth-order valence-corrected chi connectivity index (χ4v) is 10.2. The third-order valence-corrected chi connectivity index (χ3v) is 14.7. The van der Waals surface area contributed by atoms with Gasteiger partial charge in [-0.2, -0.15) is 0 Å². The molecule has 5 rings (SSSR count). The van der Waals surface area contributed by atoms with E-state index in [2.05, 4.69) is 65.3 Å². The molecule has 3 amide bonds. The molecule has 2 aromatic heterocycles. The minimum absolute atomic E-state index is 0.0493. The van der Waals surface area contributed by atoms with Crippen molar-refractivity contribution in [1.29, 1.82) is 0 Å². The Kier molecular flexibility index (Phi) is 30.6. The lowest BCUT2D eigenvalue weighted by Crippen LogP contribution is -2.34. The van der Waals surface area contributed by atoms with Gasteiger partial charge in [0.15, 0.2) is 5.82 Å². The summed E-state index contributed by atoms with van der Waals surface area (Å²) < 4.78 is 35.3. The summed E-state index contributed by atoms with van der Waals surface area (Å²) in [5, 5.41) is 16.2. The number of ether oxygens (including phenoxy) is 6. The van der Waals surface area contributed by atoms with Gasteiger partial charge in [0.1, 0.15) is 22.5 Å². The van der Waals surface area contributed by atoms with E-state index < -0.39 is 17.7 Å². The van der Waals surface area contributed by atoms with Gasteiger partial charge in [-0.3, -0.25) is 19.1 Å². The second kappa shape index (κ2) is 37.5. The van der Waals surface area contributed by atoms with Crippen LogP contribution in [0.1, 0.15) is 169 Å². The first kappa shape index (κ1) is 66.2. The Morgan fingerprint density at radius 2 is 1.28 bits per heavy atom. The first-order valence-corrected chi connectivity index (χ1v) is 30.3. The summed E-state index contributed by atoms with van der Waals surface area (Å²) in [5.74, 6) is 13.2. The zero-order valence-electron chi connectivity index (χ0n) is 49.2. The molecule has 2 aromatic carbocycles. The van der Waals surface area contributed by atoms with Gasteiger partial charge in [-0.05, 0) is 102 Å². The highest BCUT2D eigenvalue weighted by Crippen LogP contribution is 2.40. The van der Waals surface area contributed by atoms with Crippen LogP contribution < -0.4 is 10.6 Å². The number of hydrogen-bond acceptors (Lipinski definition) is 13. The average molecular weight is 1150 g/mol. The van der Waals surface area contributed by atoms with Crippen LogP contribution in [-0.4, -0.2) is 135 Å². The molecule has 1 aliphatic heterocycles. The molecule has 0 aliphatic carbocycles. The molecule has 1 atom stereocenters. The van der Waals surface area contributed by atoms with Gasteiger partial charge in [0.2, 0.25) is 11.8 Å². The third-order valence-electron chi connectivity index (χ3n) is 13.3. The molecule has 1 aliphatic rings. The standard InChI is InChI=1S/C63H88ClN7O9S/c1-8-9-10-11-12-13-14-15-16-17-18-19-22-25-57(73)70(36-38-76-40-42-78-44-46-79-45-43-77-41-39-75-37-34-65-62(74)80-63(5,6)7)35-23-20-21-24-51-26-32-54(33-27-51)66-56(72)47-55-60-69-68-50(4)71(60)61-58(48(2)49(3)81-61)59(67-55)52-28-30-53(64)31-29-52/h26-33,55H,8-19,22,25,34-47H2,1-7H3,(H,65,74)(H,66,72)/t55-/m0/s1. The third kappa shape index (κ3) is 25.2. The Balaban J connectivity index is 1.03. The van der Waals surface area contributed by atoms with Crippen LogP contribution in [0.15, 0.2) is 53.5 Å². The smallest absolute Gasteiger partial charge is 0.407 e. The van der Waals surface area contributed by atoms with Crippen molar-refractivity contribution in [1.82, 2.24) is 25.0 Å². The molecule has 0 fully saturated rings. The fourth-order valence-electron chi connectivity index (χ4n) is 8.88. The number of carbonyl (C=O) groups is 3. The van der Waals surface area contributed by atoms with E-state index in [0.29, 0.717) is 102 Å². The van der Waals surface area contributed by atoms with Gasteiger partial charge in [-0.25, -0.2) is 4.79 Å². The highest BCUT2D eigenvalue weighted by molar-refractivity contribution is 7.15. The van der Waals surface area contributed by atoms with Crippen molar-refractivity contribution < 1.29 is 42.8 Å². The number of thiophene rings is 1. The zero-order chi connectivity index (χ0) is 58.1. The molecular weight excluding hydrogens is 1070 g/mol. The van der Waals surface area contributed by atoms with Crippen molar-refractivity contribution in [3.63, 3.8) is 0 Å². The molecular formula is C63H88ClN7O9S. The molecule has 3 heterocycles. The lowest BCUT2D eigenvalue weighted by Gasteiger charge is -2.20. The molecule has 18 heteroatoms. The van der Waals surface area contributed by atoms with Crippen molar-refractivity contribution in [3.8, 4) is 28.7 Å². The van der Waals surface area contributed by atoms with E-state index in [1.54, 1.807) is 16.2 Å². The number of anilines is 1. The maximum absolute atomic E-state index is 13.7. The van der Waals surface area contributed by atoms with E-state index in [1.807, 2.05) is 80.8 Å². The second-order valence-corrected chi connectivity index (χ2v) is 22.7. The quantitative estimate of drug-likeness (QED) is 0.0324. The molecule has 0 saturated heterocycles. The van der Waals surface area contributed by atoms with E-state index >= 15 is 0 Å². The Hall–Kier alpha value is -5.63. The summed E-state index contributed by atoms with van der Waals surface area (Å²) in [6, 6.07) is 14.3. The number of hydrogen-bond donors (Lipinski definition) is 2. The molecule has 0 spiro atoms. The van der Waals surface area contributed by atoms with E-state index in [4.69, 9.17) is 45.0 Å². The van der Waals surface area contributed by atoms with E-state index in [1.165, 1.54) is 69.1 Å². The number of carbonyl (C=O) groups excluding carboxylic acids is 3. The monoisotopic (exact) mass is 1150 g/mol. The van der Waals surface area contributed by atoms with E-state index in [0.717, 1.165) is 58.1 Å². The van der Waals surface area contributed by atoms with Gasteiger partial charge in [0.05, 0.1) is 84.7 Å². The van der Waals surface area contributed by atoms with Crippen molar-refractivity contribution in [2.24, 2.45) is 4.99 Å². The topological polar surface area (TPSA) is 177 Å². The van der Waals surface area contributed by atoms with Crippen molar-refractivity contribution >= 4 is 52.2 Å². The maximum Gasteiger partial charge on any atom is 0.407 e. The van der Waals surface area contributed by atoms with Gasteiger partial charge in [-0.15, -0.1) is 21.5 Å². The summed E-state index contributed by atoms with van der Waals surface area (Å²) in [5.41, 5.74) is 4.64. The molecule has 2 N–H and O–H groups in total. The normalized spacial score (nSPS) is 12.7. The summed E-state index contributed by atoms with van der Waals surface area (Å²) in [6.07, 6.45) is 16.3. The van der Waals surface area contributed by atoms with Crippen LogP contribution in [-0.2, 0) is 38.0 Å². The number of nitrogens with one attached hydrogen (secondary N) is 2. The molecule has 442 valence electrons. The number of fused-ring (bicyclic) bond motifs is 3. The van der Waals surface area contributed by atoms with Crippen molar-refractivity contribution in [2.75, 3.05) is 91.0 Å². The number of rotatable bonds is 37. The molecule has 0 bridgehead atoms. The lowest BCUT2D eigenvalue weighted by atomic mass is 9.99. The van der Waals surface area contributed by atoms with Crippen LogP contribution in [0.4, 0.5) is 10.5 Å². The summed E-state index contributed by atoms with van der Waals surface area (Å²) >= 11 is 7.95. The van der Waals surface area contributed by atoms with Crippen molar-refractivity contribution in [2.45, 2.75) is 156 Å². The van der Waals surface area contributed by atoms with Crippen LogP contribution in [0.2, 0.25) is 5.02 Å². The summed E-state index contributed by atoms with van der Waals surface area (Å²) in [6.45, 7) is 18.9. The van der Waals surface area contributed by atoms with Gasteiger partial charge in [-0.1, -0.05) is 120 Å². The Morgan fingerprint density at radius 1 is 0.716 bits per heavy atom. The highest BCUT2D eigenvalue weighted by Gasteiger charge is 2.32. The average Bonchev–Trinajstić information content (AvgIpc) is 3.92. The number of amides is 3. The number of aromatic nitrogens is 3. The van der Waals surface area contributed by atoms with Crippen LogP contribution in [0.25, 0.3) is 5.00 Å². The first-order valence-electron chi connectivity index (χ1n) is 29.1. The fraction of sp³-hybridized carbons (Fsp3) is 0.587. The number of alkyl carbamates (subject to hydrolysis) is 1. The van der Waals surface area contributed by atoms with Crippen LogP contribution in [0.3, 0.4) is 0 Å². The van der Waals surface area contributed by atoms with Crippen LogP contribution in [0.5, 0.6) is 0 Å². The zero-order valence-corrected chi connectivity index (χ0v) is 50.8. The number of benzene rings is 2.